The fourth-order valence-corrected chi connectivity index (χ4v) is 6.80. The van der Waals surface area contributed by atoms with Crippen LogP contribution in [0.5, 0.6) is 0 Å². The fourth-order valence-electron chi connectivity index (χ4n) is 1.91. The highest BCUT2D eigenvalue weighted by atomic mass is 32.2. The van der Waals surface area contributed by atoms with Crippen molar-refractivity contribution in [2.75, 3.05) is 0 Å². The summed E-state index contributed by atoms with van der Waals surface area (Å²) in [6.45, 7) is 7.75. The van der Waals surface area contributed by atoms with Crippen LogP contribution in [0.3, 0.4) is 0 Å². The Morgan fingerprint density at radius 2 is 1.77 bits per heavy atom. The fraction of sp³-hybridized carbons (Fsp3) is 1.00. The summed E-state index contributed by atoms with van der Waals surface area (Å²) in [5.41, 5.74) is 0. The van der Waals surface area contributed by atoms with E-state index in [0.717, 1.165) is 6.42 Å². The SMILES string of the molecule is CCCC(CC)([SiH](C)C)S(=O)(=O)O. The first kappa shape index (κ1) is 13.1. The third kappa shape index (κ3) is 2.54. The second kappa shape index (κ2) is 4.57. The second-order valence-corrected chi connectivity index (χ2v) is 9.39. The van der Waals surface area contributed by atoms with E-state index >= 15 is 0 Å². The molecule has 1 N–H and O–H groups in total. The molecule has 0 rings (SSSR count). The van der Waals surface area contributed by atoms with Crippen LogP contribution in [-0.4, -0.2) is 26.1 Å². The zero-order valence-corrected chi connectivity index (χ0v) is 10.8. The summed E-state index contributed by atoms with van der Waals surface area (Å²) in [6.07, 6.45) is 1.93. The number of hydrogen-bond donors (Lipinski definition) is 1. The van der Waals surface area contributed by atoms with Crippen molar-refractivity contribution in [1.82, 2.24) is 0 Å². The van der Waals surface area contributed by atoms with Crippen LogP contribution in [0.1, 0.15) is 33.1 Å². The predicted molar refractivity (Wildman–Crippen MR) is 58.4 cm³/mol. The first-order valence-corrected chi connectivity index (χ1v) is 9.11. The standard InChI is InChI=1S/C8H20O3SSi/c1-5-7-8(6-2,13(3)4)12(9,10)11/h13H,5-7H2,1-4H3,(H,9,10,11). The monoisotopic (exact) mass is 224 g/mol. The van der Waals surface area contributed by atoms with Gasteiger partial charge in [-0.1, -0.05) is 33.4 Å². The zero-order chi connectivity index (χ0) is 10.7. The van der Waals surface area contributed by atoms with Gasteiger partial charge in [-0.05, 0) is 12.8 Å². The van der Waals surface area contributed by atoms with Gasteiger partial charge in [-0.15, -0.1) is 0 Å². The largest absolute Gasteiger partial charge is 0.285 e. The van der Waals surface area contributed by atoms with E-state index in [4.69, 9.17) is 0 Å². The molecule has 1 atom stereocenters. The van der Waals surface area contributed by atoms with E-state index in [9.17, 15) is 13.0 Å². The molecule has 0 saturated heterocycles. The molecule has 0 spiro atoms. The second-order valence-electron chi connectivity index (χ2n) is 3.80. The molecule has 5 heteroatoms. The van der Waals surface area contributed by atoms with Crippen LogP contribution in [0, 0.1) is 0 Å². The van der Waals surface area contributed by atoms with Gasteiger partial charge in [0, 0.05) is 0 Å². The summed E-state index contributed by atoms with van der Waals surface area (Å²) in [4.78, 5) is 0. The Bertz CT molecular complexity index is 248. The highest BCUT2D eigenvalue weighted by Gasteiger charge is 2.43. The van der Waals surface area contributed by atoms with Crippen molar-refractivity contribution in [3.63, 3.8) is 0 Å². The minimum atomic E-state index is -3.88. The van der Waals surface area contributed by atoms with E-state index in [1.54, 1.807) is 0 Å². The summed E-state index contributed by atoms with van der Waals surface area (Å²) in [5.74, 6) is 0. The molecule has 0 fully saturated rings. The van der Waals surface area contributed by atoms with Gasteiger partial charge in [-0.2, -0.15) is 8.42 Å². The molecule has 0 aromatic heterocycles. The molecule has 0 bridgehead atoms. The Labute approximate surface area is 82.9 Å². The molecule has 1 unspecified atom stereocenters. The van der Waals surface area contributed by atoms with E-state index in [1.165, 1.54) is 0 Å². The first-order valence-electron chi connectivity index (χ1n) is 4.78. The lowest BCUT2D eigenvalue weighted by molar-refractivity contribution is 0.441. The van der Waals surface area contributed by atoms with Crippen molar-refractivity contribution in [3.8, 4) is 0 Å². The van der Waals surface area contributed by atoms with Gasteiger partial charge in [0.05, 0.1) is 13.2 Å². The molecule has 0 aromatic carbocycles. The molecule has 0 radical (unpaired) electrons. The van der Waals surface area contributed by atoms with E-state index in [-0.39, 0.29) is 0 Å². The highest BCUT2D eigenvalue weighted by molar-refractivity contribution is 7.89. The average molecular weight is 224 g/mol. The van der Waals surface area contributed by atoms with Gasteiger partial charge < -0.3 is 0 Å². The third-order valence-corrected chi connectivity index (χ3v) is 9.47. The summed E-state index contributed by atoms with van der Waals surface area (Å²) < 4.78 is 31.0. The first-order chi connectivity index (χ1) is 5.81. The maximum Gasteiger partial charge on any atom is 0.267 e. The summed E-state index contributed by atoms with van der Waals surface area (Å²) in [5, 5.41) is 0. The van der Waals surface area contributed by atoms with Gasteiger partial charge in [-0.25, -0.2) is 0 Å². The van der Waals surface area contributed by atoms with E-state index in [2.05, 4.69) is 0 Å². The number of hydrogen-bond acceptors (Lipinski definition) is 2. The molecular weight excluding hydrogens is 204 g/mol. The molecule has 80 valence electrons. The molecule has 0 aromatic rings. The quantitative estimate of drug-likeness (QED) is 0.573. The smallest absolute Gasteiger partial charge is 0.267 e. The lowest BCUT2D eigenvalue weighted by Gasteiger charge is -2.32. The number of rotatable bonds is 5. The van der Waals surface area contributed by atoms with Crippen LogP contribution in [0.2, 0.25) is 13.1 Å². The molecule has 0 aliphatic heterocycles. The zero-order valence-electron chi connectivity index (χ0n) is 8.87. The Morgan fingerprint density at radius 3 is 1.85 bits per heavy atom. The Kier molecular flexibility index (Phi) is 4.61. The lowest BCUT2D eigenvalue weighted by atomic mass is 10.2. The predicted octanol–water partition coefficient (Wildman–Crippen LogP) is 1.85. The molecule has 0 heterocycles. The molecule has 0 amide bonds. The Morgan fingerprint density at radius 1 is 1.31 bits per heavy atom. The molecule has 0 aliphatic carbocycles. The Balaban J connectivity index is 5.12. The average Bonchev–Trinajstić information content (AvgIpc) is 1.96. The topological polar surface area (TPSA) is 54.4 Å². The summed E-state index contributed by atoms with van der Waals surface area (Å²) in [7, 11) is -5.28. The van der Waals surface area contributed by atoms with Crippen molar-refractivity contribution in [2.45, 2.75) is 50.6 Å². The van der Waals surface area contributed by atoms with Gasteiger partial charge in [0.25, 0.3) is 10.1 Å². The van der Waals surface area contributed by atoms with Crippen LogP contribution < -0.4 is 0 Å². The van der Waals surface area contributed by atoms with Crippen molar-refractivity contribution >= 4 is 18.9 Å². The van der Waals surface area contributed by atoms with Gasteiger partial charge >= 0.3 is 0 Å². The minimum Gasteiger partial charge on any atom is -0.285 e. The minimum absolute atomic E-state index is 0.531. The maximum atomic E-state index is 11.3. The van der Waals surface area contributed by atoms with E-state index in [1.807, 2.05) is 26.9 Å². The lowest BCUT2D eigenvalue weighted by Crippen LogP contribution is -2.48. The van der Waals surface area contributed by atoms with Crippen molar-refractivity contribution in [3.05, 3.63) is 0 Å². The Hall–Kier alpha value is 0.127. The molecule has 13 heavy (non-hydrogen) atoms. The van der Waals surface area contributed by atoms with Gasteiger partial charge in [0.1, 0.15) is 0 Å². The normalized spacial score (nSPS) is 17.4. The van der Waals surface area contributed by atoms with Gasteiger partial charge in [0.15, 0.2) is 0 Å². The molecule has 0 aliphatic rings. The van der Waals surface area contributed by atoms with Crippen LogP contribution in [-0.2, 0) is 10.1 Å². The van der Waals surface area contributed by atoms with E-state index in [0.29, 0.717) is 12.8 Å². The van der Waals surface area contributed by atoms with Gasteiger partial charge in [-0.3, -0.25) is 4.55 Å². The van der Waals surface area contributed by atoms with Gasteiger partial charge in [0.2, 0.25) is 0 Å². The van der Waals surface area contributed by atoms with Crippen LogP contribution >= 0.6 is 0 Å². The summed E-state index contributed by atoms with van der Waals surface area (Å²) in [6, 6.07) is 0. The molecular formula is C8H20O3SSi. The molecule has 0 saturated carbocycles. The van der Waals surface area contributed by atoms with Crippen LogP contribution in [0.15, 0.2) is 0 Å². The van der Waals surface area contributed by atoms with E-state index < -0.39 is 23.3 Å². The van der Waals surface area contributed by atoms with Crippen molar-refractivity contribution in [2.24, 2.45) is 0 Å². The maximum absolute atomic E-state index is 11.3. The van der Waals surface area contributed by atoms with Crippen LogP contribution in [0.25, 0.3) is 0 Å². The summed E-state index contributed by atoms with van der Waals surface area (Å²) >= 11 is 0. The highest BCUT2D eigenvalue weighted by Crippen LogP contribution is 2.29. The molecule has 3 nitrogen and oxygen atoms in total. The van der Waals surface area contributed by atoms with Crippen molar-refractivity contribution in [1.29, 1.82) is 0 Å². The third-order valence-electron chi connectivity index (χ3n) is 2.84. The van der Waals surface area contributed by atoms with Crippen LogP contribution in [0.4, 0.5) is 0 Å². The van der Waals surface area contributed by atoms with Crippen molar-refractivity contribution < 1.29 is 13.0 Å².